The lowest BCUT2D eigenvalue weighted by Gasteiger charge is -2.12. The topological polar surface area (TPSA) is 21.3 Å². The molecule has 0 bridgehead atoms. The molecule has 0 atom stereocenters. The number of nitrogens with one attached hydrogen (secondary N) is 1. The first-order valence-electron chi connectivity index (χ1n) is 5.51. The molecule has 1 N–H and O–H groups in total. The minimum absolute atomic E-state index is 0.555. The molecule has 0 aliphatic carbocycles. The normalized spacial score (nSPS) is 10.9. The Morgan fingerprint density at radius 1 is 1.44 bits per heavy atom. The molecular formula is C13H18ClNO. The van der Waals surface area contributed by atoms with Gasteiger partial charge in [0.25, 0.3) is 0 Å². The molecule has 3 heteroatoms. The number of para-hydroxylation sites is 1. The van der Waals surface area contributed by atoms with Gasteiger partial charge >= 0.3 is 0 Å². The number of rotatable bonds is 6. The van der Waals surface area contributed by atoms with Crippen LogP contribution in [-0.2, 0) is 6.54 Å². The maximum Gasteiger partial charge on any atom is 0.142 e. The summed E-state index contributed by atoms with van der Waals surface area (Å²) in [7, 11) is 0. The molecule has 0 aliphatic rings. The summed E-state index contributed by atoms with van der Waals surface area (Å²) in [6.07, 6.45) is 3.92. The van der Waals surface area contributed by atoms with Gasteiger partial charge in [-0.2, -0.15) is 0 Å². The monoisotopic (exact) mass is 239 g/mol. The van der Waals surface area contributed by atoms with Gasteiger partial charge in [-0.05, 0) is 19.5 Å². The molecule has 2 nitrogen and oxygen atoms in total. The van der Waals surface area contributed by atoms with Crippen molar-refractivity contribution in [1.29, 1.82) is 0 Å². The first-order chi connectivity index (χ1) is 7.79. The molecular weight excluding hydrogens is 222 g/mol. The molecule has 0 saturated heterocycles. The van der Waals surface area contributed by atoms with Crippen molar-refractivity contribution in [3.8, 4) is 5.75 Å². The van der Waals surface area contributed by atoms with Crippen molar-refractivity contribution in [3.05, 3.63) is 40.9 Å². The van der Waals surface area contributed by atoms with E-state index >= 15 is 0 Å². The number of hydrogen-bond acceptors (Lipinski definition) is 2. The first kappa shape index (κ1) is 13.1. The molecule has 0 amide bonds. The smallest absolute Gasteiger partial charge is 0.142 e. The zero-order valence-corrected chi connectivity index (χ0v) is 10.6. The van der Waals surface area contributed by atoms with Crippen molar-refractivity contribution in [3.63, 3.8) is 0 Å². The van der Waals surface area contributed by atoms with Crippen LogP contribution in [0.2, 0.25) is 5.02 Å². The van der Waals surface area contributed by atoms with Gasteiger partial charge in [0.2, 0.25) is 0 Å². The lowest BCUT2D eigenvalue weighted by molar-refractivity contribution is 0.358. The third-order valence-electron chi connectivity index (χ3n) is 2.17. The summed E-state index contributed by atoms with van der Waals surface area (Å²) in [5.74, 6) is 0.781. The SMILES string of the molecule is C/C=C/COc1c(Cl)cccc1CNCC. The van der Waals surface area contributed by atoms with E-state index in [1.807, 2.05) is 37.3 Å². The standard InChI is InChI=1S/C13H18ClNO/c1-3-5-9-16-13-11(10-15-4-2)7-6-8-12(13)14/h3,5-8,15H,4,9-10H2,1-2H3/b5-3+. The summed E-state index contributed by atoms with van der Waals surface area (Å²) in [5, 5.41) is 3.93. The highest BCUT2D eigenvalue weighted by Crippen LogP contribution is 2.28. The van der Waals surface area contributed by atoms with Crippen LogP contribution in [0, 0.1) is 0 Å². The lowest BCUT2D eigenvalue weighted by atomic mass is 10.2. The molecule has 88 valence electrons. The summed E-state index contributed by atoms with van der Waals surface area (Å²) >= 11 is 6.11. The summed E-state index contributed by atoms with van der Waals surface area (Å²) in [6, 6.07) is 5.82. The van der Waals surface area contributed by atoms with Crippen LogP contribution in [0.3, 0.4) is 0 Å². The van der Waals surface area contributed by atoms with Crippen molar-refractivity contribution < 1.29 is 4.74 Å². The van der Waals surface area contributed by atoms with E-state index in [4.69, 9.17) is 16.3 Å². The molecule has 0 saturated carbocycles. The van der Waals surface area contributed by atoms with Crippen LogP contribution in [-0.4, -0.2) is 13.2 Å². The summed E-state index contributed by atoms with van der Waals surface area (Å²) in [5.41, 5.74) is 1.10. The highest BCUT2D eigenvalue weighted by Gasteiger charge is 2.06. The summed E-state index contributed by atoms with van der Waals surface area (Å²) in [6.45, 7) is 6.31. The van der Waals surface area contributed by atoms with Crippen molar-refractivity contribution in [1.82, 2.24) is 5.32 Å². The zero-order valence-electron chi connectivity index (χ0n) is 9.79. The summed E-state index contributed by atoms with van der Waals surface area (Å²) in [4.78, 5) is 0. The van der Waals surface area contributed by atoms with Crippen LogP contribution < -0.4 is 10.1 Å². The van der Waals surface area contributed by atoms with Crippen LogP contribution >= 0.6 is 11.6 Å². The molecule has 0 aliphatic heterocycles. The quantitative estimate of drug-likeness (QED) is 0.769. The van der Waals surface area contributed by atoms with Gasteiger partial charge in [-0.3, -0.25) is 0 Å². The number of hydrogen-bond donors (Lipinski definition) is 1. The highest BCUT2D eigenvalue weighted by atomic mass is 35.5. The van der Waals surface area contributed by atoms with E-state index in [-0.39, 0.29) is 0 Å². The fourth-order valence-electron chi connectivity index (χ4n) is 1.34. The Bertz CT molecular complexity index is 350. The second-order valence-corrected chi connectivity index (χ2v) is 3.80. The second-order valence-electron chi connectivity index (χ2n) is 3.39. The molecule has 0 fully saturated rings. The van der Waals surface area contributed by atoms with Crippen LogP contribution in [0.4, 0.5) is 0 Å². The van der Waals surface area contributed by atoms with Gasteiger partial charge in [0.15, 0.2) is 0 Å². The Kier molecular flexibility index (Phi) is 5.98. The van der Waals surface area contributed by atoms with Crippen molar-refractivity contribution in [2.45, 2.75) is 20.4 Å². The van der Waals surface area contributed by atoms with E-state index < -0.39 is 0 Å². The predicted molar refractivity (Wildman–Crippen MR) is 69.1 cm³/mol. The molecule has 0 radical (unpaired) electrons. The second kappa shape index (κ2) is 7.31. The maximum absolute atomic E-state index is 6.11. The fraction of sp³-hybridized carbons (Fsp3) is 0.385. The van der Waals surface area contributed by atoms with Crippen molar-refractivity contribution in [2.75, 3.05) is 13.2 Å². The molecule has 1 aromatic rings. The Morgan fingerprint density at radius 3 is 2.94 bits per heavy atom. The Morgan fingerprint density at radius 2 is 2.25 bits per heavy atom. The molecule has 0 spiro atoms. The van der Waals surface area contributed by atoms with Crippen LogP contribution in [0.1, 0.15) is 19.4 Å². The molecule has 16 heavy (non-hydrogen) atoms. The van der Waals surface area contributed by atoms with Gasteiger partial charge in [-0.15, -0.1) is 0 Å². The van der Waals surface area contributed by atoms with Gasteiger partial charge in [0, 0.05) is 12.1 Å². The molecule has 0 aromatic heterocycles. The average molecular weight is 240 g/mol. The molecule has 0 unspecified atom stereocenters. The van der Waals surface area contributed by atoms with Gasteiger partial charge < -0.3 is 10.1 Å². The van der Waals surface area contributed by atoms with Gasteiger partial charge in [0.05, 0.1) is 5.02 Å². The molecule has 1 aromatic carbocycles. The molecule has 0 heterocycles. The predicted octanol–water partition coefficient (Wildman–Crippen LogP) is 3.40. The van der Waals surface area contributed by atoms with E-state index in [2.05, 4.69) is 12.2 Å². The number of halogens is 1. The maximum atomic E-state index is 6.11. The number of allylic oxidation sites excluding steroid dienone is 1. The van der Waals surface area contributed by atoms with E-state index in [1.165, 1.54) is 0 Å². The van der Waals surface area contributed by atoms with Gasteiger partial charge in [-0.25, -0.2) is 0 Å². The van der Waals surface area contributed by atoms with E-state index in [0.717, 1.165) is 24.4 Å². The average Bonchev–Trinajstić information content (AvgIpc) is 2.29. The lowest BCUT2D eigenvalue weighted by Crippen LogP contribution is -2.13. The van der Waals surface area contributed by atoms with Gasteiger partial charge in [-0.1, -0.05) is 42.8 Å². The molecule has 1 rings (SSSR count). The van der Waals surface area contributed by atoms with Gasteiger partial charge in [0.1, 0.15) is 12.4 Å². The minimum Gasteiger partial charge on any atom is -0.488 e. The van der Waals surface area contributed by atoms with Crippen LogP contribution in [0.15, 0.2) is 30.4 Å². The highest BCUT2D eigenvalue weighted by molar-refractivity contribution is 6.32. The third kappa shape index (κ3) is 3.87. The first-order valence-corrected chi connectivity index (χ1v) is 5.89. The van der Waals surface area contributed by atoms with Crippen LogP contribution in [0.5, 0.6) is 5.75 Å². The minimum atomic E-state index is 0.555. The number of ether oxygens (including phenoxy) is 1. The van der Waals surface area contributed by atoms with E-state index in [0.29, 0.717) is 11.6 Å². The van der Waals surface area contributed by atoms with Crippen molar-refractivity contribution >= 4 is 11.6 Å². The van der Waals surface area contributed by atoms with E-state index in [1.54, 1.807) is 0 Å². The largest absolute Gasteiger partial charge is 0.488 e. The Hall–Kier alpha value is -0.990. The number of benzene rings is 1. The Labute approximate surface area is 102 Å². The third-order valence-corrected chi connectivity index (χ3v) is 2.47. The zero-order chi connectivity index (χ0) is 11.8. The fourth-order valence-corrected chi connectivity index (χ4v) is 1.59. The van der Waals surface area contributed by atoms with Crippen LogP contribution in [0.25, 0.3) is 0 Å². The van der Waals surface area contributed by atoms with E-state index in [9.17, 15) is 0 Å². The van der Waals surface area contributed by atoms with Crippen molar-refractivity contribution in [2.24, 2.45) is 0 Å². The summed E-state index contributed by atoms with van der Waals surface area (Å²) < 4.78 is 5.65. The Balaban J connectivity index is 2.76.